The molecule has 0 saturated heterocycles. The van der Waals surface area contributed by atoms with Crippen LogP contribution in [0.1, 0.15) is 37.5 Å². The highest BCUT2D eigenvalue weighted by Gasteiger charge is 2.09. The Morgan fingerprint density at radius 3 is 2.80 bits per heavy atom. The minimum absolute atomic E-state index is 0.155. The van der Waals surface area contributed by atoms with Gasteiger partial charge in [0.2, 0.25) is 5.91 Å². The fourth-order valence-corrected chi connectivity index (χ4v) is 1.98. The number of anilines is 1. The van der Waals surface area contributed by atoms with E-state index in [9.17, 15) is 4.79 Å². The molecule has 0 bridgehead atoms. The quantitative estimate of drug-likeness (QED) is 0.815. The molecule has 20 heavy (non-hydrogen) atoms. The van der Waals surface area contributed by atoms with Gasteiger partial charge in [-0.3, -0.25) is 4.79 Å². The monoisotopic (exact) mass is 269 g/mol. The van der Waals surface area contributed by atoms with Gasteiger partial charge < -0.3 is 9.73 Å². The first-order chi connectivity index (χ1) is 9.70. The van der Waals surface area contributed by atoms with Crippen LogP contribution in [-0.4, -0.2) is 5.91 Å². The summed E-state index contributed by atoms with van der Waals surface area (Å²) in [5, 5.41) is 2.92. The third-order valence-corrected chi connectivity index (χ3v) is 3.30. The van der Waals surface area contributed by atoms with Crippen molar-refractivity contribution >= 4 is 17.7 Å². The molecule has 1 atom stereocenters. The van der Waals surface area contributed by atoms with Crippen LogP contribution in [0.15, 0.2) is 53.2 Å². The molecule has 1 amide bonds. The summed E-state index contributed by atoms with van der Waals surface area (Å²) in [4.78, 5) is 11.9. The van der Waals surface area contributed by atoms with Crippen molar-refractivity contribution in [1.82, 2.24) is 0 Å². The summed E-state index contributed by atoms with van der Waals surface area (Å²) in [6.45, 7) is 4.30. The van der Waals surface area contributed by atoms with Crippen LogP contribution in [0.2, 0.25) is 0 Å². The standard InChI is InChI=1S/C17H19NO2/c1-3-13(2)15-8-4-5-9-16(15)18-17(19)11-10-14-7-6-12-20-14/h4-13H,3H2,1-2H3,(H,18,19)/b11-10+/t13-/m0/s1. The fraction of sp³-hybridized carbons (Fsp3) is 0.235. The van der Waals surface area contributed by atoms with E-state index in [-0.39, 0.29) is 5.91 Å². The van der Waals surface area contributed by atoms with E-state index < -0.39 is 0 Å². The number of benzene rings is 1. The lowest BCUT2D eigenvalue weighted by Crippen LogP contribution is -2.10. The van der Waals surface area contributed by atoms with E-state index in [1.165, 1.54) is 6.08 Å². The summed E-state index contributed by atoms with van der Waals surface area (Å²) in [6, 6.07) is 11.5. The van der Waals surface area contributed by atoms with Gasteiger partial charge in [-0.05, 0) is 42.2 Å². The van der Waals surface area contributed by atoms with Crippen molar-refractivity contribution in [3.8, 4) is 0 Å². The maximum absolute atomic E-state index is 11.9. The molecule has 0 fully saturated rings. The zero-order chi connectivity index (χ0) is 14.4. The largest absolute Gasteiger partial charge is 0.465 e. The average molecular weight is 269 g/mol. The van der Waals surface area contributed by atoms with Gasteiger partial charge in [-0.2, -0.15) is 0 Å². The normalized spacial score (nSPS) is 12.5. The first-order valence-corrected chi connectivity index (χ1v) is 6.82. The van der Waals surface area contributed by atoms with Crippen LogP contribution in [0, 0.1) is 0 Å². The average Bonchev–Trinajstić information content (AvgIpc) is 2.98. The minimum atomic E-state index is -0.155. The van der Waals surface area contributed by atoms with Gasteiger partial charge in [0.05, 0.1) is 6.26 Å². The molecule has 1 aromatic carbocycles. The second-order valence-electron chi connectivity index (χ2n) is 4.73. The maximum atomic E-state index is 11.9. The van der Waals surface area contributed by atoms with Crippen LogP contribution in [0.25, 0.3) is 6.08 Å². The fourth-order valence-electron chi connectivity index (χ4n) is 1.98. The third kappa shape index (κ3) is 3.60. The van der Waals surface area contributed by atoms with Gasteiger partial charge >= 0.3 is 0 Å². The number of para-hydroxylation sites is 1. The van der Waals surface area contributed by atoms with Gasteiger partial charge in [0.1, 0.15) is 5.76 Å². The topological polar surface area (TPSA) is 42.2 Å². The molecule has 1 heterocycles. The van der Waals surface area contributed by atoms with Crippen molar-refractivity contribution in [2.75, 3.05) is 5.32 Å². The van der Waals surface area contributed by atoms with Gasteiger partial charge in [-0.1, -0.05) is 32.0 Å². The Morgan fingerprint density at radius 2 is 2.10 bits per heavy atom. The van der Waals surface area contributed by atoms with Crippen LogP contribution >= 0.6 is 0 Å². The Kier molecular flexibility index (Phi) is 4.77. The molecule has 0 aliphatic carbocycles. The Balaban J connectivity index is 2.08. The summed E-state index contributed by atoms with van der Waals surface area (Å²) in [6.07, 6.45) is 5.75. The SMILES string of the molecule is CC[C@H](C)c1ccccc1NC(=O)/C=C/c1ccco1. The van der Waals surface area contributed by atoms with Gasteiger partial charge in [0.15, 0.2) is 0 Å². The number of carbonyl (C=O) groups is 1. The van der Waals surface area contributed by atoms with Crippen molar-refractivity contribution in [3.63, 3.8) is 0 Å². The van der Waals surface area contributed by atoms with Crippen LogP contribution in [0.3, 0.4) is 0 Å². The van der Waals surface area contributed by atoms with E-state index in [0.29, 0.717) is 11.7 Å². The molecule has 2 rings (SSSR count). The summed E-state index contributed by atoms with van der Waals surface area (Å²) >= 11 is 0. The summed E-state index contributed by atoms with van der Waals surface area (Å²) in [5.41, 5.74) is 2.03. The molecule has 0 radical (unpaired) electrons. The van der Waals surface area contributed by atoms with E-state index in [1.807, 2.05) is 18.2 Å². The number of amides is 1. The first-order valence-electron chi connectivity index (χ1n) is 6.82. The molecule has 0 aliphatic heterocycles. The maximum Gasteiger partial charge on any atom is 0.248 e. The summed E-state index contributed by atoms with van der Waals surface area (Å²) < 4.78 is 5.15. The predicted octanol–water partition coefficient (Wildman–Crippen LogP) is 4.45. The molecule has 104 valence electrons. The number of rotatable bonds is 5. The third-order valence-electron chi connectivity index (χ3n) is 3.30. The molecule has 3 heteroatoms. The molecule has 1 aromatic heterocycles. The highest BCUT2D eigenvalue weighted by molar-refractivity contribution is 6.02. The molecule has 1 N–H and O–H groups in total. The Bertz CT molecular complexity index is 585. The molecule has 0 unspecified atom stereocenters. The molecular formula is C17H19NO2. The number of hydrogen-bond donors (Lipinski definition) is 1. The Hall–Kier alpha value is -2.29. The number of nitrogens with one attached hydrogen (secondary N) is 1. The van der Waals surface area contributed by atoms with Crippen molar-refractivity contribution in [2.45, 2.75) is 26.2 Å². The Morgan fingerprint density at radius 1 is 1.30 bits per heavy atom. The van der Waals surface area contributed by atoms with Gasteiger partial charge in [0, 0.05) is 11.8 Å². The molecule has 0 saturated carbocycles. The summed E-state index contributed by atoms with van der Waals surface area (Å²) in [5.74, 6) is 0.924. The number of carbonyl (C=O) groups excluding carboxylic acids is 1. The van der Waals surface area contributed by atoms with Crippen LogP contribution < -0.4 is 5.32 Å². The van der Waals surface area contributed by atoms with E-state index in [0.717, 1.165) is 17.7 Å². The van der Waals surface area contributed by atoms with Gasteiger partial charge in [0.25, 0.3) is 0 Å². The van der Waals surface area contributed by atoms with Crippen molar-refractivity contribution < 1.29 is 9.21 Å². The van der Waals surface area contributed by atoms with Crippen LogP contribution in [-0.2, 0) is 4.79 Å². The zero-order valence-corrected chi connectivity index (χ0v) is 11.8. The van der Waals surface area contributed by atoms with Crippen molar-refractivity contribution in [2.24, 2.45) is 0 Å². The predicted molar refractivity (Wildman–Crippen MR) is 81.5 cm³/mol. The highest BCUT2D eigenvalue weighted by atomic mass is 16.3. The molecule has 0 aliphatic rings. The van der Waals surface area contributed by atoms with Crippen LogP contribution in [0.4, 0.5) is 5.69 Å². The lowest BCUT2D eigenvalue weighted by atomic mass is 9.97. The van der Waals surface area contributed by atoms with Crippen molar-refractivity contribution in [1.29, 1.82) is 0 Å². The van der Waals surface area contributed by atoms with Gasteiger partial charge in [-0.25, -0.2) is 0 Å². The van der Waals surface area contributed by atoms with E-state index in [1.54, 1.807) is 24.5 Å². The Labute approximate surface area is 119 Å². The van der Waals surface area contributed by atoms with E-state index in [2.05, 4.69) is 25.2 Å². The smallest absolute Gasteiger partial charge is 0.248 e. The second-order valence-corrected chi connectivity index (χ2v) is 4.73. The molecular weight excluding hydrogens is 250 g/mol. The van der Waals surface area contributed by atoms with E-state index in [4.69, 9.17) is 4.42 Å². The number of furan rings is 1. The molecule has 3 nitrogen and oxygen atoms in total. The van der Waals surface area contributed by atoms with Crippen molar-refractivity contribution in [3.05, 3.63) is 60.1 Å². The second kappa shape index (κ2) is 6.75. The number of hydrogen-bond acceptors (Lipinski definition) is 2. The summed E-state index contributed by atoms with van der Waals surface area (Å²) in [7, 11) is 0. The highest BCUT2D eigenvalue weighted by Crippen LogP contribution is 2.26. The van der Waals surface area contributed by atoms with Crippen LogP contribution in [0.5, 0.6) is 0 Å². The lowest BCUT2D eigenvalue weighted by molar-refractivity contribution is -0.111. The van der Waals surface area contributed by atoms with E-state index >= 15 is 0 Å². The lowest BCUT2D eigenvalue weighted by Gasteiger charge is -2.14. The zero-order valence-electron chi connectivity index (χ0n) is 11.8. The minimum Gasteiger partial charge on any atom is -0.465 e. The molecule has 2 aromatic rings. The molecule has 0 spiro atoms. The van der Waals surface area contributed by atoms with Gasteiger partial charge in [-0.15, -0.1) is 0 Å². The first kappa shape index (κ1) is 14.1.